The summed E-state index contributed by atoms with van der Waals surface area (Å²) in [5, 5.41) is 4.44. The maximum Gasteiger partial charge on any atom is 0.150 e. The maximum absolute atomic E-state index is 5.76. The summed E-state index contributed by atoms with van der Waals surface area (Å²) < 4.78 is 7.66. The second kappa shape index (κ2) is 5.50. The molecule has 0 amide bonds. The normalized spacial score (nSPS) is 18.7. The first-order valence-corrected chi connectivity index (χ1v) is 7.69. The maximum atomic E-state index is 5.76. The summed E-state index contributed by atoms with van der Waals surface area (Å²) >= 11 is 0. The first-order valence-electron chi connectivity index (χ1n) is 7.69. The Bertz CT molecular complexity index is 805. The highest BCUT2D eigenvalue weighted by atomic mass is 16.5. The molecule has 1 aliphatic rings. The third-order valence-corrected chi connectivity index (χ3v) is 4.05. The molecule has 22 heavy (non-hydrogen) atoms. The largest absolute Gasteiger partial charge is 0.357 e. The van der Waals surface area contributed by atoms with Gasteiger partial charge in [-0.2, -0.15) is 5.10 Å². The van der Waals surface area contributed by atoms with E-state index in [1.807, 2.05) is 23.1 Å². The highest BCUT2D eigenvalue weighted by Crippen LogP contribution is 2.25. The van der Waals surface area contributed by atoms with Gasteiger partial charge < -0.3 is 4.74 Å². The number of aryl methyl sites for hydroxylation is 1. The zero-order chi connectivity index (χ0) is 14.9. The van der Waals surface area contributed by atoms with Gasteiger partial charge in [0.05, 0.1) is 29.1 Å². The van der Waals surface area contributed by atoms with E-state index in [1.54, 1.807) is 6.20 Å². The minimum absolute atomic E-state index is 0.0539. The van der Waals surface area contributed by atoms with Gasteiger partial charge in [-0.25, -0.2) is 9.67 Å². The quantitative estimate of drug-likeness (QED) is 0.726. The fourth-order valence-corrected chi connectivity index (χ4v) is 2.82. The second-order valence-electron chi connectivity index (χ2n) is 5.78. The van der Waals surface area contributed by atoms with Crippen LogP contribution in [0.2, 0.25) is 0 Å². The standard InChI is InChI=1S/C17H18N4O/c1-12-5-6-14-15(8-12)20-16(10-18-14)13-9-19-21(11-13)17-4-2-3-7-22-17/h5-6,8-11,17H,2-4,7H2,1H3. The Morgan fingerprint density at radius 3 is 3.00 bits per heavy atom. The van der Waals surface area contributed by atoms with Crippen LogP contribution in [0.15, 0.2) is 36.8 Å². The minimum atomic E-state index is 0.0539. The Kier molecular flexibility index (Phi) is 3.35. The van der Waals surface area contributed by atoms with Crippen molar-refractivity contribution in [2.24, 2.45) is 0 Å². The summed E-state index contributed by atoms with van der Waals surface area (Å²) in [7, 11) is 0. The molecule has 0 spiro atoms. The van der Waals surface area contributed by atoms with Gasteiger partial charge in [-0.3, -0.25) is 4.98 Å². The van der Waals surface area contributed by atoms with Crippen molar-refractivity contribution >= 4 is 11.0 Å². The van der Waals surface area contributed by atoms with Crippen molar-refractivity contribution in [1.29, 1.82) is 0 Å². The molecule has 3 heterocycles. The van der Waals surface area contributed by atoms with Gasteiger partial charge in [-0.15, -0.1) is 0 Å². The summed E-state index contributed by atoms with van der Waals surface area (Å²) in [6.07, 6.45) is 9.04. The van der Waals surface area contributed by atoms with Crippen molar-refractivity contribution in [2.45, 2.75) is 32.4 Å². The molecule has 4 rings (SSSR count). The van der Waals surface area contributed by atoms with Crippen LogP contribution < -0.4 is 0 Å². The van der Waals surface area contributed by atoms with Gasteiger partial charge in [0, 0.05) is 18.4 Å². The molecule has 5 nitrogen and oxygen atoms in total. The van der Waals surface area contributed by atoms with E-state index in [4.69, 9.17) is 9.72 Å². The Hall–Kier alpha value is -2.27. The van der Waals surface area contributed by atoms with Crippen molar-refractivity contribution in [3.05, 3.63) is 42.4 Å². The van der Waals surface area contributed by atoms with Crippen LogP contribution in [0.25, 0.3) is 22.3 Å². The van der Waals surface area contributed by atoms with E-state index in [0.717, 1.165) is 41.7 Å². The first-order chi connectivity index (χ1) is 10.8. The molecule has 3 aromatic rings. The molecule has 2 aromatic heterocycles. The first kappa shape index (κ1) is 13.4. The molecule has 5 heteroatoms. The van der Waals surface area contributed by atoms with Crippen molar-refractivity contribution in [3.63, 3.8) is 0 Å². The summed E-state index contributed by atoms with van der Waals surface area (Å²) in [5.41, 5.74) is 4.84. The second-order valence-corrected chi connectivity index (χ2v) is 5.78. The molecule has 1 fully saturated rings. The Morgan fingerprint density at radius 2 is 2.14 bits per heavy atom. The van der Waals surface area contributed by atoms with Crippen LogP contribution in [0.5, 0.6) is 0 Å². The number of benzene rings is 1. The molecule has 0 bridgehead atoms. The van der Waals surface area contributed by atoms with Crippen LogP contribution in [0.4, 0.5) is 0 Å². The third kappa shape index (κ3) is 2.48. The van der Waals surface area contributed by atoms with E-state index < -0.39 is 0 Å². The van der Waals surface area contributed by atoms with Crippen LogP contribution in [-0.4, -0.2) is 26.4 Å². The zero-order valence-electron chi connectivity index (χ0n) is 12.6. The van der Waals surface area contributed by atoms with Gasteiger partial charge in [-0.1, -0.05) is 6.07 Å². The molecule has 0 N–H and O–H groups in total. The van der Waals surface area contributed by atoms with Gasteiger partial charge >= 0.3 is 0 Å². The van der Waals surface area contributed by atoms with Crippen LogP contribution in [-0.2, 0) is 4.74 Å². The summed E-state index contributed by atoms with van der Waals surface area (Å²) in [4.78, 5) is 9.20. The van der Waals surface area contributed by atoms with Gasteiger partial charge in [0.1, 0.15) is 6.23 Å². The molecule has 1 unspecified atom stereocenters. The Morgan fingerprint density at radius 1 is 1.18 bits per heavy atom. The molecule has 1 saturated heterocycles. The van der Waals surface area contributed by atoms with Crippen molar-refractivity contribution in [3.8, 4) is 11.3 Å². The monoisotopic (exact) mass is 294 g/mol. The molecular formula is C17H18N4O. The van der Waals surface area contributed by atoms with E-state index in [1.165, 1.54) is 12.0 Å². The van der Waals surface area contributed by atoms with Crippen LogP contribution >= 0.6 is 0 Å². The lowest BCUT2D eigenvalue weighted by Crippen LogP contribution is -2.18. The van der Waals surface area contributed by atoms with E-state index >= 15 is 0 Å². The predicted octanol–water partition coefficient (Wildman–Crippen LogP) is 3.50. The fraction of sp³-hybridized carbons (Fsp3) is 0.353. The Labute approximate surface area is 129 Å². The van der Waals surface area contributed by atoms with E-state index in [0.29, 0.717) is 0 Å². The topological polar surface area (TPSA) is 52.8 Å². The smallest absolute Gasteiger partial charge is 0.150 e. The average Bonchev–Trinajstić information content (AvgIpc) is 3.05. The number of aromatic nitrogens is 4. The number of ether oxygens (including phenoxy) is 1. The molecule has 0 radical (unpaired) electrons. The number of nitrogens with zero attached hydrogens (tertiary/aromatic N) is 4. The summed E-state index contributed by atoms with van der Waals surface area (Å²) in [6.45, 7) is 2.88. The van der Waals surface area contributed by atoms with Gasteiger partial charge in [0.2, 0.25) is 0 Å². The molecule has 0 aliphatic carbocycles. The Balaban J connectivity index is 1.68. The summed E-state index contributed by atoms with van der Waals surface area (Å²) in [6, 6.07) is 6.11. The van der Waals surface area contributed by atoms with Gasteiger partial charge in [-0.05, 0) is 43.9 Å². The lowest BCUT2D eigenvalue weighted by atomic mass is 10.2. The molecule has 1 atom stereocenters. The third-order valence-electron chi connectivity index (χ3n) is 4.05. The van der Waals surface area contributed by atoms with Crippen LogP contribution in [0.3, 0.4) is 0 Å². The van der Waals surface area contributed by atoms with Crippen molar-refractivity contribution in [1.82, 2.24) is 19.7 Å². The van der Waals surface area contributed by atoms with Crippen molar-refractivity contribution < 1.29 is 4.74 Å². The average molecular weight is 294 g/mol. The molecule has 1 aromatic carbocycles. The molecule has 112 valence electrons. The molecule has 0 saturated carbocycles. The predicted molar refractivity (Wildman–Crippen MR) is 84.3 cm³/mol. The number of rotatable bonds is 2. The SMILES string of the molecule is Cc1ccc2ncc(-c3cnn(C4CCCCO4)c3)nc2c1. The van der Waals surface area contributed by atoms with Crippen molar-refractivity contribution in [2.75, 3.05) is 6.61 Å². The highest BCUT2D eigenvalue weighted by Gasteiger charge is 2.17. The van der Waals surface area contributed by atoms with Crippen LogP contribution in [0, 0.1) is 6.92 Å². The fourth-order valence-electron chi connectivity index (χ4n) is 2.82. The highest BCUT2D eigenvalue weighted by molar-refractivity contribution is 5.77. The zero-order valence-corrected chi connectivity index (χ0v) is 12.6. The summed E-state index contributed by atoms with van der Waals surface area (Å²) in [5.74, 6) is 0. The minimum Gasteiger partial charge on any atom is -0.357 e. The number of hydrogen-bond acceptors (Lipinski definition) is 4. The van der Waals surface area contributed by atoms with Gasteiger partial charge in [0.25, 0.3) is 0 Å². The lowest BCUT2D eigenvalue weighted by Gasteiger charge is -2.22. The number of fused-ring (bicyclic) bond motifs is 1. The van der Waals surface area contributed by atoms with Gasteiger partial charge in [0.15, 0.2) is 0 Å². The van der Waals surface area contributed by atoms with Crippen LogP contribution in [0.1, 0.15) is 31.1 Å². The molecular weight excluding hydrogens is 276 g/mol. The molecule has 1 aliphatic heterocycles. The number of hydrogen-bond donors (Lipinski definition) is 0. The lowest BCUT2D eigenvalue weighted by molar-refractivity contribution is -0.0394. The van der Waals surface area contributed by atoms with E-state index in [-0.39, 0.29) is 6.23 Å². The van der Waals surface area contributed by atoms with E-state index in [2.05, 4.69) is 29.1 Å². The van der Waals surface area contributed by atoms with E-state index in [9.17, 15) is 0 Å².